The molecule has 3 rings (SSSR count). The van der Waals surface area contributed by atoms with Gasteiger partial charge in [0.25, 0.3) is 0 Å². The Morgan fingerprint density at radius 2 is 2.19 bits per heavy atom. The largest absolute Gasteiger partial charge is 0.476 e. The van der Waals surface area contributed by atoms with E-state index in [9.17, 15) is 19.3 Å². The van der Waals surface area contributed by atoms with Gasteiger partial charge in [0.05, 0.1) is 10.6 Å². The molecule has 1 N–H and O–H groups in total. The van der Waals surface area contributed by atoms with Crippen molar-refractivity contribution >= 4 is 11.7 Å². The Labute approximate surface area is 117 Å². The highest BCUT2D eigenvalue weighted by Crippen LogP contribution is 2.29. The molecule has 0 saturated carbocycles. The molecule has 1 aromatic heterocycles. The van der Waals surface area contributed by atoms with E-state index in [-0.39, 0.29) is 11.4 Å². The summed E-state index contributed by atoms with van der Waals surface area (Å²) in [5, 5.41) is 24.0. The van der Waals surface area contributed by atoms with E-state index >= 15 is 0 Å². The predicted octanol–water partition coefficient (Wildman–Crippen LogP) is 2.11. The van der Waals surface area contributed by atoms with Crippen LogP contribution < -0.4 is 0 Å². The number of aromatic carboxylic acids is 1. The number of hydrogen-bond acceptors (Lipinski definition) is 4. The average Bonchev–Trinajstić information content (AvgIpc) is 3.00. The van der Waals surface area contributed by atoms with Gasteiger partial charge in [-0.05, 0) is 31.4 Å². The molecular weight excluding hydrogens is 281 g/mol. The number of benzene rings is 1. The van der Waals surface area contributed by atoms with Gasteiger partial charge in [-0.25, -0.2) is 9.48 Å². The maximum absolute atomic E-state index is 13.4. The molecule has 0 spiro atoms. The second-order valence-electron chi connectivity index (χ2n) is 4.74. The summed E-state index contributed by atoms with van der Waals surface area (Å²) in [4.78, 5) is 21.2. The van der Waals surface area contributed by atoms with E-state index in [1.54, 1.807) is 0 Å². The molecular formula is C13H10FN3O4. The number of nitrogens with zero attached hydrogens (tertiary/aromatic N) is 3. The van der Waals surface area contributed by atoms with E-state index in [0.29, 0.717) is 24.1 Å². The van der Waals surface area contributed by atoms with E-state index in [1.807, 2.05) is 0 Å². The molecule has 2 aromatic rings. The number of aromatic nitrogens is 2. The molecule has 0 fully saturated rings. The van der Waals surface area contributed by atoms with Gasteiger partial charge in [-0.2, -0.15) is 9.49 Å². The van der Waals surface area contributed by atoms with Crippen LogP contribution in [0.5, 0.6) is 0 Å². The molecule has 0 radical (unpaired) electrons. The smallest absolute Gasteiger partial charge is 0.356 e. The van der Waals surface area contributed by atoms with Crippen LogP contribution in [-0.4, -0.2) is 25.8 Å². The summed E-state index contributed by atoms with van der Waals surface area (Å²) in [5.74, 6) is -2.07. The van der Waals surface area contributed by atoms with Gasteiger partial charge < -0.3 is 5.11 Å². The molecule has 1 aromatic carbocycles. The fourth-order valence-corrected chi connectivity index (χ4v) is 2.60. The molecule has 0 bridgehead atoms. The molecule has 0 aliphatic heterocycles. The van der Waals surface area contributed by atoms with Crippen molar-refractivity contribution in [3.05, 3.63) is 51.1 Å². The van der Waals surface area contributed by atoms with Crippen molar-refractivity contribution in [2.75, 3.05) is 0 Å². The summed E-state index contributed by atoms with van der Waals surface area (Å²) < 4.78 is 14.7. The monoisotopic (exact) mass is 291 g/mol. The Kier molecular flexibility index (Phi) is 2.93. The Balaban J connectivity index is 2.18. The first-order chi connectivity index (χ1) is 9.99. The minimum atomic E-state index is -1.14. The maximum atomic E-state index is 13.4. The highest BCUT2D eigenvalue weighted by Gasteiger charge is 2.27. The molecule has 0 atom stereocenters. The zero-order valence-electron chi connectivity index (χ0n) is 10.7. The summed E-state index contributed by atoms with van der Waals surface area (Å²) in [6.45, 7) is 0. The predicted molar refractivity (Wildman–Crippen MR) is 69.2 cm³/mol. The number of nitro benzene ring substituents is 1. The van der Waals surface area contributed by atoms with E-state index < -0.39 is 22.4 Å². The molecule has 7 nitrogen and oxygen atoms in total. The fourth-order valence-electron chi connectivity index (χ4n) is 2.60. The van der Waals surface area contributed by atoms with Gasteiger partial charge in [-0.15, -0.1) is 0 Å². The second-order valence-corrected chi connectivity index (χ2v) is 4.74. The normalized spacial score (nSPS) is 13.2. The van der Waals surface area contributed by atoms with Crippen LogP contribution in [0.3, 0.4) is 0 Å². The zero-order valence-corrected chi connectivity index (χ0v) is 10.7. The van der Waals surface area contributed by atoms with Crippen molar-refractivity contribution in [2.45, 2.75) is 19.3 Å². The van der Waals surface area contributed by atoms with Crippen LogP contribution in [-0.2, 0) is 12.8 Å². The summed E-state index contributed by atoms with van der Waals surface area (Å²) in [6, 6.07) is 3.39. The first kappa shape index (κ1) is 13.2. The first-order valence-corrected chi connectivity index (χ1v) is 6.27. The van der Waals surface area contributed by atoms with Crippen LogP contribution in [0, 0.1) is 15.9 Å². The van der Waals surface area contributed by atoms with E-state index in [2.05, 4.69) is 5.10 Å². The van der Waals surface area contributed by atoms with Gasteiger partial charge in [0.1, 0.15) is 0 Å². The minimum absolute atomic E-state index is 0.0468. The van der Waals surface area contributed by atoms with Gasteiger partial charge in [0, 0.05) is 17.3 Å². The Bertz CT molecular complexity index is 769. The number of nitro groups is 1. The molecule has 1 aliphatic carbocycles. The van der Waals surface area contributed by atoms with Crippen LogP contribution in [0.15, 0.2) is 18.2 Å². The number of rotatable bonds is 3. The molecule has 21 heavy (non-hydrogen) atoms. The number of carbonyl (C=O) groups is 1. The Morgan fingerprint density at radius 1 is 1.43 bits per heavy atom. The standard InChI is InChI=1S/C13H10FN3O4/c14-9-5-4-7(6-11(9)17(20)21)16-10-3-1-2-8(10)12(15-16)13(18)19/h4-6H,1-3H2,(H,18,19). The summed E-state index contributed by atoms with van der Waals surface area (Å²) in [6.07, 6.45) is 2.05. The van der Waals surface area contributed by atoms with Gasteiger partial charge in [0.2, 0.25) is 5.82 Å². The summed E-state index contributed by atoms with van der Waals surface area (Å²) in [5.41, 5.74) is 0.942. The molecule has 0 saturated heterocycles. The number of carboxylic acid groups (broad SMARTS) is 1. The SMILES string of the molecule is O=C(O)c1nn(-c2ccc(F)c([N+](=O)[O-])c2)c2c1CCC2. The highest BCUT2D eigenvalue weighted by molar-refractivity contribution is 5.87. The second kappa shape index (κ2) is 4.65. The molecule has 1 heterocycles. The van der Waals surface area contributed by atoms with Crippen LogP contribution in [0.2, 0.25) is 0 Å². The third-order valence-electron chi connectivity index (χ3n) is 3.50. The van der Waals surface area contributed by atoms with Gasteiger partial charge in [0.15, 0.2) is 5.69 Å². The van der Waals surface area contributed by atoms with Gasteiger partial charge in [-0.1, -0.05) is 0 Å². The Hall–Kier alpha value is -2.77. The third-order valence-corrected chi connectivity index (χ3v) is 3.50. The van der Waals surface area contributed by atoms with Crippen molar-refractivity contribution in [1.29, 1.82) is 0 Å². The minimum Gasteiger partial charge on any atom is -0.476 e. The molecule has 0 amide bonds. The zero-order chi connectivity index (χ0) is 15.1. The first-order valence-electron chi connectivity index (χ1n) is 6.27. The topological polar surface area (TPSA) is 98.3 Å². The van der Waals surface area contributed by atoms with Gasteiger partial charge >= 0.3 is 11.7 Å². The quantitative estimate of drug-likeness (QED) is 0.689. The lowest BCUT2D eigenvalue weighted by atomic mass is 10.2. The van der Waals surface area contributed by atoms with Crippen molar-refractivity contribution in [2.24, 2.45) is 0 Å². The summed E-state index contributed by atoms with van der Waals surface area (Å²) >= 11 is 0. The lowest BCUT2D eigenvalue weighted by Gasteiger charge is -2.05. The Morgan fingerprint density at radius 3 is 2.86 bits per heavy atom. The maximum Gasteiger partial charge on any atom is 0.356 e. The van der Waals surface area contributed by atoms with Crippen molar-refractivity contribution in [3.8, 4) is 5.69 Å². The van der Waals surface area contributed by atoms with Crippen molar-refractivity contribution in [1.82, 2.24) is 9.78 Å². The van der Waals surface area contributed by atoms with Crippen LogP contribution in [0.4, 0.5) is 10.1 Å². The van der Waals surface area contributed by atoms with E-state index in [1.165, 1.54) is 10.7 Å². The number of carboxylic acids is 1. The fraction of sp³-hybridized carbons (Fsp3) is 0.231. The number of hydrogen-bond donors (Lipinski definition) is 1. The summed E-state index contributed by atoms with van der Waals surface area (Å²) in [7, 11) is 0. The van der Waals surface area contributed by atoms with Crippen LogP contribution in [0.1, 0.15) is 28.2 Å². The highest BCUT2D eigenvalue weighted by atomic mass is 19.1. The number of fused-ring (bicyclic) bond motifs is 1. The third kappa shape index (κ3) is 2.04. The van der Waals surface area contributed by atoms with E-state index in [4.69, 9.17) is 5.11 Å². The van der Waals surface area contributed by atoms with Crippen molar-refractivity contribution in [3.63, 3.8) is 0 Å². The average molecular weight is 291 g/mol. The van der Waals surface area contributed by atoms with Crippen LogP contribution in [0.25, 0.3) is 5.69 Å². The van der Waals surface area contributed by atoms with Crippen molar-refractivity contribution < 1.29 is 19.2 Å². The molecule has 108 valence electrons. The molecule has 8 heteroatoms. The van der Waals surface area contributed by atoms with E-state index in [0.717, 1.165) is 18.6 Å². The van der Waals surface area contributed by atoms with Crippen LogP contribution >= 0.6 is 0 Å². The van der Waals surface area contributed by atoms with Gasteiger partial charge in [-0.3, -0.25) is 10.1 Å². The lowest BCUT2D eigenvalue weighted by Crippen LogP contribution is -2.05. The lowest BCUT2D eigenvalue weighted by molar-refractivity contribution is -0.387. The molecule has 1 aliphatic rings. The number of halogens is 1. The molecule has 0 unspecified atom stereocenters.